The van der Waals surface area contributed by atoms with Gasteiger partial charge in [0.05, 0.1) is 23.6 Å². The first-order chi connectivity index (χ1) is 15.9. The van der Waals surface area contributed by atoms with Gasteiger partial charge >= 0.3 is 5.97 Å². The average Bonchev–Trinajstić information content (AvgIpc) is 3.06. The Morgan fingerprint density at radius 1 is 1.15 bits per heavy atom. The van der Waals surface area contributed by atoms with E-state index in [-0.39, 0.29) is 28.5 Å². The molecule has 0 unspecified atom stereocenters. The number of carbonyl (C=O) groups excluding carboxylic acids is 3. The van der Waals surface area contributed by atoms with Crippen molar-refractivity contribution in [3.05, 3.63) is 63.5 Å². The molecule has 1 fully saturated rings. The number of imide groups is 1. The van der Waals surface area contributed by atoms with Gasteiger partial charge in [-0.05, 0) is 60.9 Å². The van der Waals surface area contributed by atoms with Crippen LogP contribution in [0.5, 0.6) is 11.5 Å². The van der Waals surface area contributed by atoms with E-state index >= 15 is 0 Å². The number of rotatable bonds is 10. The number of halogens is 1. The third-order valence-electron chi connectivity index (χ3n) is 4.76. The maximum atomic E-state index is 12.8. The van der Waals surface area contributed by atoms with Crippen LogP contribution < -0.4 is 9.47 Å². The van der Waals surface area contributed by atoms with E-state index in [1.165, 1.54) is 12.0 Å². The molecule has 0 bridgehead atoms. The van der Waals surface area contributed by atoms with Crippen molar-refractivity contribution >= 4 is 46.6 Å². The van der Waals surface area contributed by atoms with Gasteiger partial charge in [-0.3, -0.25) is 14.5 Å². The van der Waals surface area contributed by atoms with Crippen LogP contribution >= 0.6 is 23.4 Å². The van der Waals surface area contributed by atoms with E-state index in [9.17, 15) is 14.4 Å². The minimum absolute atomic E-state index is 0.204. The Labute approximate surface area is 201 Å². The molecule has 0 aromatic heterocycles. The molecule has 0 spiro atoms. The highest BCUT2D eigenvalue weighted by atomic mass is 35.5. The highest BCUT2D eigenvalue weighted by Crippen LogP contribution is 2.39. The lowest BCUT2D eigenvalue weighted by Gasteiger charge is -2.14. The van der Waals surface area contributed by atoms with Gasteiger partial charge in [0.15, 0.2) is 18.1 Å². The van der Waals surface area contributed by atoms with Crippen LogP contribution in [0.3, 0.4) is 0 Å². The van der Waals surface area contributed by atoms with Crippen LogP contribution in [-0.2, 0) is 20.7 Å². The molecule has 33 heavy (non-hydrogen) atoms. The lowest BCUT2D eigenvalue weighted by Crippen LogP contribution is -2.29. The van der Waals surface area contributed by atoms with Crippen LogP contribution in [-0.4, -0.2) is 48.9 Å². The molecule has 2 amide bonds. The number of carbonyl (C=O) groups is 3. The van der Waals surface area contributed by atoms with Gasteiger partial charge in [0.25, 0.3) is 11.1 Å². The molecule has 1 heterocycles. The van der Waals surface area contributed by atoms with Gasteiger partial charge in [0.2, 0.25) is 0 Å². The first-order valence-electron chi connectivity index (χ1n) is 10.4. The summed E-state index contributed by atoms with van der Waals surface area (Å²) in [6, 6.07) is 13.1. The summed E-state index contributed by atoms with van der Waals surface area (Å²) in [5.74, 6) is -0.367. The highest BCUT2D eigenvalue weighted by molar-refractivity contribution is 8.18. The molecule has 0 N–H and O–H groups in total. The van der Waals surface area contributed by atoms with Gasteiger partial charge in [-0.1, -0.05) is 41.9 Å². The number of amides is 2. The third kappa shape index (κ3) is 6.52. The van der Waals surface area contributed by atoms with E-state index in [1.807, 2.05) is 30.3 Å². The molecule has 3 rings (SSSR count). The van der Waals surface area contributed by atoms with Gasteiger partial charge in [0, 0.05) is 6.54 Å². The quantitative estimate of drug-likeness (QED) is 0.344. The van der Waals surface area contributed by atoms with E-state index < -0.39 is 5.97 Å². The largest absolute Gasteiger partial charge is 0.490 e. The fraction of sp³-hybridized carbons (Fsp3) is 0.292. The lowest BCUT2D eigenvalue weighted by atomic mass is 10.1. The maximum absolute atomic E-state index is 12.8. The minimum Gasteiger partial charge on any atom is -0.490 e. The number of thioether (sulfide) groups is 1. The molecule has 0 aliphatic carbocycles. The molecule has 0 radical (unpaired) electrons. The zero-order chi connectivity index (χ0) is 23.8. The molecule has 7 nitrogen and oxygen atoms in total. The van der Waals surface area contributed by atoms with Crippen molar-refractivity contribution in [2.45, 2.75) is 19.8 Å². The van der Waals surface area contributed by atoms with Crippen LogP contribution in [0.2, 0.25) is 5.02 Å². The summed E-state index contributed by atoms with van der Waals surface area (Å²) in [6.07, 6.45) is 3.06. The second-order valence-corrected chi connectivity index (χ2v) is 8.45. The van der Waals surface area contributed by atoms with E-state index in [2.05, 4.69) is 4.74 Å². The summed E-state index contributed by atoms with van der Waals surface area (Å²) in [7, 11) is 1.26. The second kappa shape index (κ2) is 11.8. The van der Waals surface area contributed by atoms with Gasteiger partial charge in [-0.2, -0.15) is 0 Å². The summed E-state index contributed by atoms with van der Waals surface area (Å²) in [4.78, 5) is 38.2. The first kappa shape index (κ1) is 24.7. The molecule has 1 saturated heterocycles. The Kier molecular flexibility index (Phi) is 8.79. The number of esters is 1. The number of aryl methyl sites for hydroxylation is 1. The van der Waals surface area contributed by atoms with Crippen LogP contribution in [0.25, 0.3) is 6.08 Å². The van der Waals surface area contributed by atoms with Crippen LogP contribution in [0.4, 0.5) is 4.79 Å². The Hall–Kier alpha value is -2.97. The number of hydrogen-bond acceptors (Lipinski definition) is 7. The molecular formula is C24H24ClNO6S. The molecule has 2 aromatic rings. The van der Waals surface area contributed by atoms with E-state index in [4.69, 9.17) is 21.1 Å². The summed E-state index contributed by atoms with van der Waals surface area (Å²) < 4.78 is 15.6. The van der Waals surface area contributed by atoms with Crippen molar-refractivity contribution in [2.24, 2.45) is 0 Å². The molecule has 0 atom stereocenters. The summed E-state index contributed by atoms with van der Waals surface area (Å²) >= 11 is 7.24. The molecule has 1 aliphatic heterocycles. The Morgan fingerprint density at radius 3 is 2.61 bits per heavy atom. The number of nitrogens with zero attached hydrogens (tertiary/aromatic N) is 1. The Bertz CT molecular complexity index is 1060. The van der Waals surface area contributed by atoms with Crippen LogP contribution in [0, 0.1) is 0 Å². The third-order valence-corrected chi connectivity index (χ3v) is 5.94. The van der Waals surface area contributed by atoms with Crippen molar-refractivity contribution in [1.29, 1.82) is 0 Å². The van der Waals surface area contributed by atoms with Crippen molar-refractivity contribution in [3.8, 4) is 11.5 Å². The smallest absolute Gasteiger partial charge is 0.343 e. The number of hydrogen-bond donors (Lipinski definition) is 0. The number of methoxy groups -OCH3 is 1. The SMILES string of the molecule is CCOc1cc(/C=C2/SC(=O)N(CCCc3ccccc3)C2=O)cc(Cl)c1OCC(=O)OC. The monoisotopic (exact) mass is 489 g/mol. The van der Waals surface area contributed by atoms with Gasteiger partial charge in [0.1, 0.15) is 0 Å². The fourth-order valence-electron chi connectivity index (χ4n) is 3.19. The summed E-state index contributed by atoms with van der Waals surface area (Å²) in [5.41, 5.74) is 1.73. The molecule has 174 valence electrons. The van der Waals surface area contributed by atoms with E-state index in [0.29, 0.717) is 35.8 Å². The molecule has 0 saturated carbocycles. The maximum Gasteiger partial charge on any atom is 0.343 e. The zero-order valence-electron chi connectivity index (χ0n) is 18.3. The minimum atomic E-state index is -0.557. The lowest BCUT2D eigenvalue weighted by molar-refractivity contribution is -0.142. The van der Waals surface area contributed by atoms with Gasteiger partial charge in [-0.25, -0.2) is 4.79 Å². The zero-order valence-corrected chi connectivity index (χ0v) is 19.9. The average molecular weight is 490 g/mol. The Morgan fingerprint density at radius 2 is 1.91 bits per heavy atom. The molecule has 9 heteroatoms. The standard InChI is InChI=1S/C24H24ClNO6S/c1-3-31-19-13-17(12-18(25)22(19)32-15-21(27)30-2)14-20-23(28)26(24(29)33-20)11-7-10-16-8-5-4-6-9-16/h4-6,8-9,12-14H,3,7,10-11,15H2,1-2H3/b20-14+. The van der Waals surface area contributed by atoms with E-state index in [1.54, 1.807) is 25.1 Å². The predicted octanol–water partition coefficient (Wildman–Crippen LogP) is 4.96. The van der Waals surface area contributed by atoms with Crippen molar-refractivity contribution in [1.82, 2.24) is 4.90 Å². The van der Waals surface area contributed by atoms with E-state index in [0.717, 1.165) is 23.7 Å². The highest BCUT2D eigenvalue weighted by Gasteiger charge is 2.34. The van der Waals surface area contributed by atoms with Crippen molar-refractivity contribution in [3.63, 3.8) is 0 Å². The van der Waals surface area contributed by atoms with Gasteiger partial charge in [-0.15, -0.1) is 0 Å². The van der Waals surface area contributed by atoms with Crippen molar-refractivity contribution < 1.29 is 28.6 Å². The molecule has 1 aliphatic rings. The summed E-state index contributed by atoms with van der Waals surface area (Å²) in [5, 5.41) is -0.0911. The van der Waals surface area contributed by atoms with Crippen molar-refractivity contribution in [2.75, 3.05) is 26.9 Å². The van der Waals surface area contributed by atoms with Crippen LogP contribution in [0.1, 0.15) is 24.5 Å². The van der Waals surface area contributed by atoms with Gasteiger partial charge < -0.3 is 14.2 Å². The predicted molar refractivity (Wildman–Crippen MR) is 128 cm³/mol. The summed E-state index contributed by atoms with van der Waals surface area (Å²) in [6.45, 7) is 2.16. The Balaban J connectivity index is 1.73. The normalized spacial score (nSPS) is 14.6. The number of benzene rings is 2. The molecular weight excluding hydrogens is 466 g/mol. The molecule has 2 aromatic carbocycles. The first-order valence-corrected chi connectivity index (χ1v) is 11.6. The number of ether oxygens (including phenoxy) is 3. The topological polar surface area (TPSA) is 82.1 Å². The second-order valence-electron chi connectivity index (χ2n) is 7.05. The van der Waals surface area contributed by atoms with Crippen LogP contribution in [0.15, 0.2) is 47.4 Å². The fourth-order valence-corrected chi connectivity index (χ4v) is 4.33.